The number of nitriles is 1. The van der Waals surface area contributed by atoms with E-state index in [1.807, 2.05) is 4.57 Å². The van der Waals surface area contributed by atoms with Gasteiger partial charge in [-0.3, -0.25) is 5.32 Å². The zero-order valence-electron chi connectivity index (χ0n) is 9.74. The third-order valence-corrected chi connectivity index (χ3v) is 2.26. The van der Waals surface area contributed by atoms with Crippen LogP contribution in [0.5, 0.6) is 0 Å². The van der Waals surface area contributed by atoms with E-state index in [1.165, 1.54) is 0 Å². The van der Waals surface area contributed by atoms with Crippen molar-refractivity contribution in [1.29, 1.82) is 5.26 Å². The first-order chi connectivity index (χ1) is 8.33. The lowest BCUT2D eigenvalue weighted by Gasteiger charge is -2.12. The quantitative estimate of drug-likeness (QED) is 0.336. The smallest absolute Gasteiger partial charge is 0.138 e. The Balaban J connectivity index is 2.63. The number of hydrogen-bond donors (Lipinski definition) is 1. The molecule has 1 aromatic heterocycles. The minimum Gasteiger partial charge on any atom is -0.332 e. The molecule has 90 valence electrons. The Kier molecular flexibility index (Phi) is 5.58. The van der Waals surface area contributed by atoms with Gasteiger partial charge in [-0.15, -0.1) is 0 Å². The Morgan fingerprint density at radius 3 is 3.24 bits per heavy atom. The molecule has 1 heterocycles. The maximum Gasteiger partial charge on any atom is 0.138 e. The summed E-state index contributed by atoms with van der Waals surface area (Å²) in [5.41, 5.74) is 8.98. The van der Waals surface area contributed by atoms with Crippen LogP contribution in [0.25, 0.3) is 10.4 Å². The number of imidazole rings is 1. The second kappa shape index (κ2) is 7.28. The Morgan fingerprint density at radius 2 is 2.59 bits per heavy atom. The molecule has 1 atom stereocenters. The average Bonchev–Trinajstić information content (AvgIpc) is 2.78. The van der Waals surface area contributed by atoms with Crippen LogP contribution in [0, 0.1) is 11.3 Å². The van der Waals surface area contributed by atoms with Gasteiger partial charge in [0.15, 0.2) is 0 Å². The maximum absolute atomic E-state index is 9.09. The van der Waals surface area contributed by atoms with Gasteiger partial charge in [-0.2, -0.15) is 5.26 Å². The molecule has 0 spiro atoms. The van der Waals surface area contributed by atoms with E-state index in [4.69, 9.17) is 10.8 Å². The summed E-state index contributed by atoms with van der Waals surface area (Å²) in [5, 5.41) is 15.5. The molecular weight excluding hydrogens is 218 g/mol. The van der Waals surface area contributed by atoms with E-state index in [2.05, 4.69) is 33.3 Å². The van der Waals surface area contributed by atoms with Crippen LogP contribution in [-0.4, -0.2) is 22.6 Å². The standard InChI is InChI=1S/C10H15N7/c1-2-5-17-8-13-7-10(17)9(6-11)14-3-4-15-16-12/h7-9,14H,2-5H2,1H3. The molecule has 0 aliphatic rings. The highest BCUT2D eigenvalue weighted by molar-refractivity contribution is 5.13. The molecule has 7 heteroatoms. The highest BCUT2D eigenvalue weighted by atomic mass is 15.1. The van der Waals surface area contributed by atoms with Crippen LogP contribution in [0.4, 0.5) is 0 Å². The molecule has 0 bridgehead atoms. The molecule has 1 aromatic rings. The Labute approximate surface area is 99.7 Å². The van der Waals surface area contributed by atoms with E-state index in [-0.39, 0.29) is 0 Å². The predicted molar refractivity (Wildman–Crippen MR) is 62.9 cm³/mol. The minimum atomic E-state index is -0.419. The molecule has 0 saturated carbocycles. The van der Waals surface area contributed by atoms with E-state index in [9.17, 15) is 0 Å². The summed E-state index contributed by atoms with van der Waals surface area (Å²) in [6.07, 6.45) is 4.39. The summed E-state index contributed by atoms with van der Waals surface area (Å²) >= 11 is 0. The largest absolute Gasteiger partial charge is 0.332 e. The first-order valence-corrected chi connectivity index (χ1v) is 5.47. The number of nitrogens with one attached hydrogen (secondary N) is 1. The van der Waals surface area contributed by atoms with E-state index >= 15 is 0 Å². The van der Waals surface area contributed by atoms with Crippen molar-refractivity contribution < 1.29 is 0 Å². The van der Waals surface area contributed by atoms with Crippen LogP contribution in [0.3, 0.4) is 0 Å². The van der Waals surface area contributed by atoms with E-state index in [1.54, 1.807) is 12.5 Å². The van der Waals surface area contributed by atoms with Crippen LogP contribution in [-0.2, 0) is 6.54 Å². The molecule has 0 fully saturated rings. The van der Waals surface area contributed by atoms with E-state index < -0.39 is 6.04 Å². The number of aryl methyl sites for hydroxylation is 1. The second-order valence-corrected chi connectivity index (χ2v) is 3.48. The summed E-state index contributed by atoms with van der Waals surface area (Å²) in [4.78, 5) is 6.70. The van der Waals surface area contributed by atoms with Crippen molar-refractivity contribution in [3.63, 3.8) is 0 Å². The Morgan fingerprint density at radius 1 is 1.76 bits per heavy atom. The second-order valence-electron chi connectivity index (χ2n) is 3.48. The Bertz CT molecular complexity index is 424. The lowest BCUT2D eigenvalue weighted by Crippen LogP contribution is -2.24. The summed E-state index contributed by atoms with van der Waals surface area (Å²) in [6, 6.07) is 1.75. The lowest BCUT2D eigenvalue weighted by molar-refractivity contribution is 0.567. The minimum absolute atomic E-state index is 0.330. The summed E-state index contributed by atoms with van der Waals surface area (Å²) in [6.45, 7) is 3.71. The van der Waals surface area contributed by atoms with Crippen molar-refractivity contribution in [3.05, 3.63) is 28.7 Å². The van der Waals surface area contributed by atoms with Crippen molar-refractivity contribution >= 4 is 0 Å². The topological polar surface area (TPSA) is 102 Å². The molecule has 0 aliphatic carbocycles. The number of nitrogens with zero attached hydrogens (tertiary/aromatic N) is 6. The summed E-state index contributed by atoms with van der Waals surface area (Å²) in [7, 11) is 0. The van der Waals surface area contributed by atoms with Crippen molar-refractivity contribution in [2.24, 2.45) is 5.11 Å². The van der Waals surface area contributed by atoms with Crippen LogP contribution >= 0.6 is 0 Å². The van der Waals surface area contributed by atoms with E-state index in [0.717, 1.165) is 18.7 Å². The van der Waals surface area contributed by atoms with Crippen LogP contribution in [0.2, 0.25) is 0 Å². The number of hydrogen-bond acceptors (Lipinski definition) is 4. The van der Waals surface area contributed by atoms with Gasteiger partial charge >= 0.3 is 0 Å². The third-order valence-electron chi connectivity index (χ3n) is 2.26. The molecule has 1 N–H and O–H groups in total. The molecule has 0 radical (unpaired) electrons. The Hall–Kier alpha value is -2.03. The van der Waals surface area contributed by atoms with Crippen molar-refractivity contribution in [2.75, 3.05) is 13.1 Å². The number of rotatable bonds is 7. The zero-order chi connectivity index (χ0) is 12.5. The molecule has 7 nitrogen and oxygen atoms in total. The van der Waals surface area contributed by atoms with Crippen LogP contribution < -0.4 is 5.32 Å². The summed E-state index contributed by atoms with van der Waals surface area (Å²) in [5.74, 6) is 0. The number of azide groups is 1. The SMILES string of the molecule is CCCn1cncc1C(C#N)NCCN=[N+]=[N-]. The molecule has 0 aromatic carbocycles. The monoisotopic (exact) mass is 233 g/mol. The molecule has 0 aliphatic heterocycles. The van der Waals surface area contributed by atoms with Crippen molar-refractivity contribution in [1.82, 2.24) is 14.9 Å². The van der Waals surface area contributed by atoms with Gasteiger partial charge in [-0.1, -0.05) is 12.0 Å². The third kappa shape index (κ3) is 3.79. The van der Waals surface area contributed by atoms with Crippen molar-refractivity contribution in [2.45, 2.75) is 25.9 Å². The average molecular weight is 233 g/mol. The van der Waals surface area contributed by atoms with Gasteiger partial charge < -0.3 is 4.57 Å². The van der Waals surface area contributed by atoms with Gasteiger partial charge in [-0.05, 0) is 12.0 Å². The van der Waals surface area contributed by atoms with E-state index in [0.29, 0.717) is 13.1 Å². The maximum atomic E-state index is 9.09. The van der Waals surface area contributed by atoms with Gasteiger partial charge in [0.05, 0.1) is 24.3 Å². The van der Waals surface area contributed by atoms with Crippen LogP contribution in [0.15, 0.2) is 17.6 Å². The molecule has 1 unspecified atom stereocenters. The fraction of sp³-hybridized carbons (Fsp3) is 0.600. The first kappa shape index (κ1) is 13.0. The lowest BCUT2D eigenvalue weighted by atomic mass is 10.2. The molecule has 0 amide bonds. The molecule has 0 saturated heterocycles. The highest BCUT2D eigenvalue weighted by Gasteiger charge is 2.13. The highest BCUT2D eigenvalue weighted by Crippen LogP contribution is 2.11. The first-order valence-electron chi connectivity index (χ1n) is 5.47. The fourth-order valence-corrected chi connectivity index (χ4v) is 1.52. The molecular formula is C10H15N7. The normalized spacial score (nSPS) is 11.5. The predicted octanol–water partition coefficient (Wildman–Crippen LogP) is 1.76. The van der Waals surface area contributed by atoms with Gasteiger partial charge in [-0.25, -0.2) is 4.98 Å². The van der Waals surface area contributed by atoms with Crippen LogP contribution in [0.1, 0.15) is 25.1 Å². The molecule has 1 rings (SSSR count). The van der Waals surface area contributed by atoms with Gasteiger partial charge in [0.1, 0.15) is 6.04 Å². The molecule has 17 heavy (non-hydrogen) atoms. The number of aromatic nitrogens is 2. The van der Waals surface area contributed by atoms with Gasteiger partial charge in [0.25, 0.3) is 0 Å². The fourth-order valence-electron chi connectivity index (χ4n) is 1.52. The summed E-state index contributed by atoms with van der Waals surface area (Å²) < 4.78 is 1.95. The van der Waals surface area contributed by atoms with Gasteiger partial charge in [0.2, 0.25) is 0 Å². The van der Waals surface area contributed by atoms with Gasteiger partial charge in [0, 0.05) is 24.5 Å². The zero-order valence-corrected chi connectivity index (χ0v) is 9.74. The van der Waals surface area contributed by atoms with Crippen molar-refractivity contribution in [3.8, 4) is 6.07 Å².